The largest absolute Gasteiger partial charge is 0.468 e. The molecule has 0 unspecified atom stereocenters. The number of ether oxygens (including phenoxy) is 1. The van der Waals surface area contributed by atoms with Gasteiger partial charge in [0.05, 0.1) is 12.0 Å². The monoisotopic (exact) mass is 283 g/mol. The van der Waals surface area contributed by atoms with Gasteiger partial charge >= 0.3 is 5.97 Å². The van der Waals surface area contributed by atoms with Gasteiger partial charge in [-0.25, -0.2) is 8.42 Å². The van der Waals surface area contributed by atoms with Gasteiger partial charge in [-0.1, -0.05) is 6.07 Å². The number of benzene rings is 1. The quantitative estimate of drug-likeness (QED) is 0.837. The molecule has 0 amide bonds. The van der Waals surface area contributed by atoms with Crippen molar-refractivity contribution >= 4 is 16.0 Å². The SMILES string of the molecule is COC(=O)[C@@H](C)NS(=O)(=O)c1ccc2c(c1)CCC2. The molecule has 0 bridgehead atoms. The number of sulfonamides is 1. The van der Waals surface area contributed by atoms with E-state index in [9.17, 15) is 13.2 Å². The Morgan fingerprint density at radius 1 is 1.32 bits per heavy atom. The summed E-state index contributed by atoms with van der Waals surface area (Å²) >= 11 is 0. The van der Waals surface area contributed by atoms with Crippen LogP contribution in [0.2, 0.25) is 0 Å². The second-order valence-electron chi connectivity index (χ2n) is 4.65. The highest BCUT2D eigenvalue weighted by atomic mass is 32.2. The molecule has 6 heteroatoms. The van der Waals surface area contributed by atoms with Crippen LogP contribution in [0.5, 0.6) is 0 Å². The maximum Gasteiger partial charge on any atom is 0.323 e. The van der Waals surface area contributed by atoms with E-state index >= 15 is 0 Å². The molecule has 0 saturated heterocycles. The van der Waals surface area contributed by atoms with Gasteiger partial charge in [-0.2, -0.15) is 4.72 Å². The average molecular weight is 283 g/mol. The fraction of sp³-hybridized carbons (Fsp3) is 0.462. The molecule has 1 N–H and O–H groups in total. The minimum absolute atomic E-state index is 0.198. The molecular formula is C13H17NO4S. The maximum absolute atomic E-state index is 12.1. The van der Waals surface area contributed by atoms with Crippen LogP contribution in [-0.4, -0.2) is 27.5 Å². The Morgan fingerprint density at radius 2 is 2.00 bits per heavy atom. The van der Waals surface area contributed by atoms with Crippen molar-refractivity contribution in [1.82, 2.24) is 4.72 Å². The van der Waals surface area contributed by atoms with E-state index in [1.165, 1.54) is 19.6 Å². The van der Waals surface area contributed by atoms with E-state index in [0.717, 1.165) is 24.8 Å². The molecule has 0 aromatic heterocycles. The smallest absolute Gasteiger partial charge is 0.323 e. The van der Waals surface area contributed by atoms with Crippen LogP contribution in [0.4, 0.5) is 0 Å². The van der Waals surface area contributed by atoms with Crippen molar-refractivity contribution in [2.45, 2.75) is 37.1 Å². The minimum atomic E-state index is -3.69. The molecular weight excluding hydrogens is 266 g/mol. The van der Waals surface area contributed by atoms with Gasteiger partial charge in [0.1, 0.15) is 6.04 Å². The molecule has 0 radical (unpaired) electrons. The van der Waals surface area contributed by atoms with E-state index in [4.69, 9.17) is 0 Å². The normalized spacial score (nSPS) is 15.9. The Bertz CT molecular complexity index is 595. The van der Waals surface area contributed by atoms with Crippen molar-refractivity contribution in [1.29, 1.82) is 0 Å². The highest BCUT2D eigenvalue weighted by molar-refractivity contribution is 7.89. The van der Waals surface area contributed by atoms with Crippen LogP contribution in [0.3, 0.4) is 0 Å². The van der Waals surface area contributed by atoms with Crippen molar-refractivity contribution < 1.29 is 17.9 Å². The first-order valence-electron chi connectivity index (χ1n) is 6.16. The highest BCUT2D eigenvalue weighted by Gasteiger charge is 2.23. The fourth-order valence-electron chi connectivity index (χ4n) is 2.24. The van der Waals surface area contributed by atoms with Crippen LogP contribution in [-0.2, 0) is 32.4 Å². The van der Waals surface area contributed by atoms with E-state index in [1.807, 2.05) is 6.07 Å². The zero-order valence-electron chi connectivity index (χ0n) is 11.0. The van der Waals surface area contributed by atoms with Crippen molar-refractivity contribution in [3.05, 3.63) is 29.3 Å². The molecule has 1 aliphatic carbocycles. The van der Waals surface area contributed by atoms with Gasteiger partial charge in [0.25, 0.3) is 0 Å². The summed E-state index contributed by atoms with van der Waals surface area (Å²) in [6.45, 7) is 1.46. The summed E-state index contributed by atoms with van der Waals surface area (Å²) in [7, 11) is -2.46. The lowest BCUT2D eigenvalue weighted by atomic mass is 10.1. The van der Waals surface area contributed by atoms with E-state index in [-0.39, 0.29) is 4.90 Å². The third-order valence-corrected chi connectivity index (χ3v) is 4.81. The Labute approximate surface area is 113 Å². The zero-order valence-corrected chi connectivity index (χ0v) is 11.8. The van der Waals surface area contributed by atoms with E-state index in [2.05, 4.69) is 9.46 Å². The van der Waals surface area contributed by atoms with E-state index in [0.29, 0.717) is 0 Å². The molecule has 1 aromatic rings. The summed E-state index contributed by atoms with van der Waals surface area (Å²) in [5.41, 5.74) is 2.29. The molecule has 19 heavy (non-hydrogen) atoms. The van der Waals surface area contributed by atoms with Crippen molar-refractivity contribution in [3.8, 4) is 0 Å². The van der Waals surface area contributed by atoms with Crippen LogP contribution < -0.4 is 4.72 Å². The molecule has 0 fully saturated rings. The number of hydrogen-bond donors (Lipinski definition) is 1. The van der Waals surface area contributed by atoms with E-state index < -0.39 is 22.0 Å². The van der Waals surface area contributed by atoms with Crippen LogP contribution >= 0.6 is 0 Å². The van der Waals surface area contributed by atoms with Crippen molar-refractivity contribution in [3.63, 3.8) is 0 Å². The number of aryl methyl sites for hydroxylation is 2. The van der Waals surface area contributed by atoms with Crippen molar-refractivity contribution in [2.75, 3.05) is 7.11 Å². The van der Waals surface area contributed by atoms with Gasteiger partial charge in [0.2, 0.25) is 10.0 Å². The lowest BCUT2D eigenvalue weighted by Crippen LogP contribution is -2.39. The lowest BCUT2D eigenvalue weighted by molar-refractivity contribution is -0.142. The minimum Gasteiger partial charge on any atom is -0.468 e. The number of fused-ring (bicyclic) bond motifs is 1. The highest BCUT2D eigenvalue weighted by Crippen LogP contribution is 2.24. The summed E-state index contributed by atoms with van der Waals surface area (Å²) in [5.74, 6) is -0.607. The Hall–Kier alpha value is -1.40. The molecule has 0 aliphatic heterocycles. The van der Waals surface area contributed by atoms with Gasteiger partial charge in [-0.05, 0) is 49.4 Å². The Balaban J connectivity index is 2.22. The molecule has 1 atom stereocenters. The summed E-state index contributed by atoms with van der Waals surface area (Å²) < 4.78 is 31.1. The Kier molecular flexibility index (Phi) is 3.91. The van der Waals surface area contributed by atoms with Crippen LogP contribution in [0, 0.1) is 0 Å². The number of nitrogens with one attached hydrogen (secondary N) is 1. The molecule has 2 rings (SSSR count). The average Bonchev–Trinajstić information content (AvgIpc) is 2.84. The maximum atomic E-state index is 12.1. The number of methoxy groups -OCH3 is 1. The number of rotatable bonds is 4. The number of carbonyl (C=O) groups is 1. The van der Waals surface area contributed by atoms with Gasteiger partial charge in [0, 0.05) is 0 Å². The Morgan fingerprint density at radius 3 is 2.68 bits per heavy atom. The first-order valence-corrected chi connectivity index (χ1v) is 7.64. The van der Waals surface area contributed by atoms with Crippen LogP contribution in [0.1, 0.15) is 24.5 Å². The number of carbonyl (C=O) groups excluding carboxylic acids is 1. The summed E-state index contributed by atoms with van der Waals surface area (Å²) in [6, 6.07) is 4.22. The second kappa shape index (κ2) is 5.30. The lowest BCUT2D eigenvalue weighted by Gasteiger charge is -2.12. The molecule has 0 saturated carbocycles. The van der Waals surface area contributed by atoms with Gasteiger partial charge < -0.3 is 4.74 Å². The topological polar surface area (TPSA) is 72.5 Å². The van der Waals surface area contributed by atoms with Gasteiger partial charge in [-0.3, -0.25) is 4.79 Å². The third kappa shape index (κ3) is 2.96. The number of esters is 1. The molecule has 1 aromatic carbocycles. The van der Waals surface area contributed by atoms with Crippen LogP contribution in [0.25, 0.3) is 0 Å². The molecule has 1 aliphatic rings. The number of hydrogen-bond acceptors (Lipinski definition) is 4. The fourth-order valence-corrected chi connectivity index (χ4v) is 3.48. The summed E-state index contributed by atoms with van der Waals surface area (Å²) in [4.78, 5) is 11.5. The summed E-state index contributed by atoms with van der Waals surface area (Å²) in [5, 5.41) is 0. The molecule has 0 spiro atoms. The zero-order chi connectivity index (χ0) is 14.0. The molecule has 5 nitrogen and oxygen atoms in total. The molecule has 0 heterocycles. The standard InChI is InChI=1S/C13H17NO4S/c1-9(13(15)18-2)14-19(16,17)12-7-6-10-4-3-5-11(10)8-12/h6-9,14H,3-5H2,1-2H3/t9-/m1/s1. The first kappa shape index (κ1) is 14.0. The van der Waals surface area contributed by atoms with Gasteiger partial charge in [0.15, 0.2) is 0 Å². The van der Waals surface area contributed by atoms with Crippen LogP contribution in [0.15, 0.2) is 23.1 Å². The predicted molar refractivity (Wildman–Crippen MR) is 70.3 cm³/mol. The third-order valence-electron chi connectivity index (χ3n) is 3.27. The molecule has 104 valence electrons. The van der Waals surface area contributed by atoms with E-state index in [1.54, 1.807) is 12.1 Å². The van der Waals surface area contributed by atoms with Crippen molar-refractivity contribution in [2.24, 2.45) is 0 Å². The first-order chi connectivity index (χ1) is 8.94. The summed E-state index contributed by atoms with van der Waals surface area (Å²) in [6.07, 6.45) is 2.97. The van der Waals surface area contributed by atoms with Gasteiger partial charge in [-0.15, -0.1) is 0 Å². The second-order valence-corrected chi connectivity index (χ2v) is 6.36. The predicted octanol–water partition coefficient (Wildman–Crippen LogP) is 1.02.